The molecule has 0 atom stereocenters. The van der Waals surface area contributed by atoms with Gasteiger partial charge in [0.1, 0.15) is 0 Å². The SMILES string of the molecule is CC(=O)N1CCc2ccc(S(=O)(=O)N3CCCNCC3)cc21. The van der Waals surface area contributed by atoms with Crippen molar-refractivity contribution in [2.24, 2.45) is 0 Å². The maximum Gasteiger partial charge on any atom is 0.243 e. The third kappa shape index (κ3) is 2.76. The van der Waals surface area contributed by atoms with Gasteiger partial charge in [-0.3, -0.25) is 4.79 Å². The van der Waals surface area contributed by atoms with Crippen LogP contribution in [0.3, 0.4) is 0 Å². The Bertz CT molecular complexity index is 679. The highest BCUT2D eigenvalue weighted by Gasteiger charge is 2.28. The van der Waals surface area contributed by atoms with Gasteiger partial charge in [0.2, 0.25) is 15.9 Å². The van der Waals surface area contributed by atoms with E-state index in [1.165, 1.54) is 11.2 Å². The molecule has 7 heteroatoms. The van der Waals surface area contributed by atoms with Crippen LogP contribution in [-0.4, -0.2) is 51.4 Å². The number of carbonyl (C=O) groups excluding carboxylic acids is 1. The predicted molar refractivity (Wildman–Crippen MR) is 84.4 cm³/mol. The standard InChI is InChI=1S/C15H21N3O3S/c1-12(19)18-9-5-13-3-4-14(11-15(13)18)22(20,21)17-8-2-6-16-7-10-17/h3-4,11,16H,2,5-10H2,1H3. The molecule has 1 saturated heterocycles. The summed E-state index contributed by atoms with van der Waals surface area (Å²) in [5, 5.41) is 3.21. The second kappa shape index (κ2) is 5.98. The van der Waals surface area contributed by atoms with E-state index in [1.807, 2.05) is 6.07 Å². The van der Waals surface area contributed by atoms with E-state index in [1.54, 1.807) is 17.0 Å². The Morgan fingerprint density at radius 3 is 2.77 bits per heavy atom. The van der Waals surface area contributed by atoms with Crippen LogP contribution in [0, 0.1) is 0 Å². The van der Waals surface area contributed by atoms with Crippen molar-refractivity contribution in [1.82, 2.24) is 9.62 Å². The first kappa shape index (κ1) is 15.5. The number of hydrogen-bond acceptors (Lipinski definition) is 4. The molecule has 3 rings (SSSR count). The number of benzene rings is 1. The molecule has 1 fully saturated rings. The minimum atomic E-state index is -3.50. The maximum absolute atomic E-state index is 12.8. The van der Waals surface area contributed by atoms with Crippen LogP contribution in [-0.2, 0) is 21.2 Å². The summed E-state index contributed by atoms with van der Waals surface area (Å²) in [7, 11) is -3.50. The molecule has 2 heterocycles. The molecule has 22 heavy (non-hydrogen) atoms. The molecule has 2 aliphatic heterocycles. The fourth-order valence-electron chi connectivity index (χ4n) is 3.06. The molecule has 120 valence electrons. The van der Waals surface area contributed by atoms with Crippen LogP contribution in [0.1, 0.15) is 18.9 Å². The van der Waals surface area contributed by atoms with Crippen molar-refractivity contribution in [3.05, 3.63) is 23.8 Å². The maximum atomic E-state index is 12.8. The van der Waals surface area contributed by atoms with Gasteiger partial charge in [0.05, 0.1) is 4.90 Å². The zero-order valence-electron chi connectivity index (χ0n) is 12.7. The van der Waals surface area contributed by atoms with E-state index < -0.39 is 10.0 Å². The first-order chi connectivity index (χ1) is 10.5. The Morgan fingerprint density at radius 2 is 2.00 bits per heavy atom. The molecule has 0 saturated carbocycles. The normalized spacial score (nSPS) is 19.8. The van der Waals surface area contributed by atoms with Crippen LogP contribution >= 0.6 is 0 Å². The fourth-order valence-corrected chi connectivity index (χ4v) is 4.56. The molecule has 0 spiro atoms. The van der Waals surface area contributed by atoms with E-state index >= 15 is 0 Å². The van der Waals surface area contributed by atoms with Gasteiger partial charge in [-0.05, 0) is 37.1 Å². The molecular formula is C15H21N3O3S. The van der Waals surface area contributed by atoms with Crippen molar-refractivity contribution in [3.63, 3.8) is 0 Å². The number of hydrogen-bond donors (Lipinski definition) is 1. The summed E-state index contributed by atoms with van der Waals surface area (Å²) in [5.74, 6) is -0.0488. The zero-order valence-corrected chi connectivity index (χ0v) is 13.5. The van der Waals surface area contributed by atoms with Crippen molar-refractivity contribution in [2.75, 3.05) is 37.6 Å². The summed E-state index contributed by atoms with van der Waals surface area (Å²) >= 11 is 0. The number of nitrogens with zero attached hydrogens (tertiary/aromatic N) is 2. The van der Waals surface area contributed by atoms with Crippen molar-refractivity contribution in [1.29, 1.82) is 0 Å². The van der Waals surface area contributed by atoms with Crippen molar-refractivity contribution < 1.29 is 13.2 Å². The Balaban J connectivity index is 1.94. The van der Waals surface area contributed by atoms with Gasteiger partial charge in [-0.25, -0.2) is 8.42 Å². The molecule has 1 aromatic rings. The Morgan fingerprint density at radius 1 is 1.18 bits per heavy atom. The second-order valence-electron chi connectivity index (χ2n) is 5.72. The highest BCUT2D eigenvalue weighted by Crippen LogP contribution is 2.31. The average Bonchev–Trinajstić information content (AvgIpc) is 2.71. The van der Waals surface area contributed by atoms with E-state index in [2.05, 4.69) is 5.32 Å². The predicted octanol–water partition coefficient (Wildman–Crippen LogP) is 0.580. The van der Waals surface area contributed by atoms with Crippen LogP contribution in [0.15, 0.2) is 23.1 Å². The first-order valence-electron chi connectivity index (χ1n) is 7.62. The van der Waals surface area contributed by atoms with E-state index in [4.69, 9.17) is 0 Å². The quantitative estimate of drug-likeness (QED) is 0.864. The summed E-state index contributed by atoms with van der Waals surface area (Å²) in [6.07, 6.45) is 1.59. The molecule has 1 amide bonds. The molecule has 0 aromatic heterocycles. The summed E-state index contributed by atoms with van der Waals surface area (Å²) < 4.78 is 27.2. The highest BCUT2D eigenvalue weighted by atomic mass is 32.2. The van der Waals surface area contributed by atoms with Gasteiger partial charge >= 0.3 is 0 Å². The Hall–Kier alpha value is -1.44. The molecule has 0 aliphatic carbocycles. The molecule has 0 radical (unpaired) electrons. The van der Waals surface area contributed by atoms with Crippen molar-refractivity contribution >= 4 is 21.6 Å². The molecular weight excluding hydrogens is 302 g/mol. The van der Waals surface area contributed by atoms with Crippen molar-refractivity contribution in [2.45, 2.75) is 24.7 Å². The lowest BCUT2D eigenvalue weighted by Gasteiger charge is -2.21. The summed E-state index contributed by atoms with van der Waals surface area (Å²) in [6.45, 7) is 4.66. The number of amides is 1. The second-order valence-corrected chi connectivity index (χ2v) is 7.66. The van der Waals surface area contributed by atoms with Crippen LogP contribution in [0.25, 0.3) is 0 Å². The van der Waals surface area contributed by atoms with Gasteiger partial charge in [0.15, 0.2) is 0 Å². The highest BCUT2D eigenvalue weighted by molar-refractivity contribution is 7.89. The van der Waals surface area contributed by atoms with Gasteiger partial charge < -0.3 is 10.2 Å². The topological polar surface area (TPSA) is 69.7 Å². The molecule has 1 N–H and O–H groups in total. The number of nitrogens with one attached hydrogen (secondary N) is 1. The van der Waals surface area contributed by atoms with Gasteiger partial charge in [-0.1, -0.05) is 6.07 Å². The van der Waals surface area contributed by atoms with E-state index in [9.17, 15) is 13.2 Å². The third-order valence-corrected chi connectivity index (χ3v) is 6.16. The molecule has 0 bridgehead atoms. The van der Waals surface area contributed by atoms with Crippen LogP contribution in [0.5, 0.6) is 0 Å². The molecule has 6 nitrogen and oxygen atoms in total. The lowest BCUT2D eigenvalue weighted by molar-refractivity contribution is -0.116. The summed E-state index contributed by atoms with van der Waals surface area (Å²) in [5.41, 5.74) is 1.77. The average molecular weight is 323 g/mol. The van der Waals surface area contributed by atoms with Gasteiger partial charge in [0.25, 0.3) is 0 Å². The Labute approximate surface area is 131 Å². The largest absolute Gasteiger partial charge is 0.315 e. The van der Waals surface area contributed by atoms with E-state index in [0.717, 1.165) is 30.6 Å². The minimum absolute atomic E-state index is 0.0488. The minimum Gasteiger partial charge on any atom is -0.315 e. The van der Waals surface area contributed by atoms with Gasteiger partial charge in [-0.2, -0.15) is 4.31 Å². The smallest absolute Gasteiger partial charge is 0.243 e. The number of carbonyl (C=O) groups is 1. The van der Waals surface area contributed by atoms with Crippen molar-refractivity contribution in [3.8, 4) is 0 Å². The first-order valence-corrected chi connectivity index (χ1v) is 9.06. The van der Waals surface area contributed by atoms with E-state index in [-0.39, 0.29) is 10.8 Å². The van der Waals surface area contributed by atoms with Gasteiger partial charge in [0, 0.05) is 38.8 Å². The van der Waals surface area contributed by atoms with Crippen LogP contribution in [0.2, 0.25) is 0 Å². The number of rotatable bonds is 2. The fraction of sp³-hybridized carbons (Fsp3) is 0.533. The lowest BCUT2D eigenvalue weighted by Crippen LogP contribution is -2.34. The van der Waals surface area contributed by atoms with E-state index in [0.29, 0.717) is 26.2 Å². The number of sulfonamides is 1. The molecule has 1 aromatic carbocycles. The number of anilines is 1. The number of fused-ring (bicyclic) bond motifs is 1. The molecule has 0 unspecified atom stereocenters. The summed E-state index contributed by atoms with van der Waals surface area (Å²) in [4.78, 5) is 13.6. The van der Waals surface area contributed by atoms with Crippen LogP contribution in [0.4, 0.5) is 5.69 Å². The van der Waals surface area contributed by atoms with Crippen LogP contribution < -0.4 is 10.2 Å². The third-order valence-electron chi connectivity index (χ3n) is 4.27. The van der Waals surface area contributed by atoms with Gasteiger partial charge in [-0.15, -0.1) is 0 Å². The summed E-state index contributed by atoms with van der Waals surface area (Å²) in [6, 6.07) is 5.15. The lowest BCUT2D eigenvalue weighted by atomic mass is 10.2. The zero-order chi connectivity index (χ0) is 15.7. The molecule has 2 aliphatic rings. The Kier molecular flexibility index (Phi) is 4.20. The monoisotopic (exact) mass is 323 g/mol.